The lowest BCUT2D eigenvalue weighted by atomic mass is 10.1. The maximum absolute atomic E-state index is 9.76. The Balaban J connectivity index is 2.03. The molecule has 0 spiro atoms. The molecule has 0 radical (unpaired) electrons. The molecular formula is C13H10BrN3O. The highest BCUT2D eigenvalue weighted by Crippen LogP contribution is 2.20. The number of para-hydroxylation sites is 1. The summed E-state index contributed by atoms with van der Waals surface area (Å²) >= 11 is 3.40. The number of phenols is 1. The highest BCUT2D eigenvalue weighted by Gasteiger charge is 2.08. The van der Waals surface area contributed by atoms with Gasteiger partial charge in [-0.05, 0) is 18.2 Å². The number of rotatable bonds is 2. The first kappa shape index (κ1) is 11.2. The second-order valence-corrected chi connectivity index (χ2v) is 4.91. The van der Waals surface area contributed by atoms with Gasteiger partial charge in [-0.2, -0.15) is 0 Å². The molecule has 0 amide bonds. The monoisotopic (exact) mass is 303 g/mol. The van der Waals surface area contributed by atoms with E-state index in [1.54, 1.807) is 12.1 Å². The Kier molecular flexibility index (Phi) is 2.76. The second-order valence-electron chi connectivity index (χ2n) is 3.99. The predicted molar refractivity (Wildman–Crippen MR) is 71.6 cm³/mol. The molecule has 0 aliphatic carbocycles. The zero-order valence-corrected chi connectivity index (χ0v) is 11.0. The highest BCUT2D eigenvalue weighted by molar-refractivity contribution is 9.10. The minimum atomic E-state index is 0.284. The lowest BCUT2D eigenvalue weighted by Gasteiger charge is -2.03. The van der Waals surface area contributed by atoms with Crippen LogP contribution in [-0.2, 0) is 6.42 Å². The average Bonchev–Trinajstić information content (AvgIpc) is 2.74. The fourth-order valence-corrected chi connectivity index (χ4v) is 2.19. The van der Waals surface area contributed by atoms with Gasteiger partial charge in [0.1, 0.15) is 11.6 Å². The fraction of sp³-hybridized carbons (Fsp3) is 0.0769. The first-order valence-corrected chi connectivity index (χ1v) is 6.29. The first-order valence-electron chi connectivity index (χ1n) is 5.50. The number of hydrogen-bond donors (Lipinski definition) is 1. The molecule has 0 aliphatic rings. The van der Waals surface area contributed by atoms with E-state index in [0.717, 1.165) is 21.5 Å². The fourth-order valence-electron chi connectivity index (χ4n) is 1.87. The summed E-state index contributed by atoms with van der Waals surface area (Å²) in [7, 11) is 0. The Morgan fingerprint density at radius 1 is 1.17 bits per heavy atom. The lowest BCUT2D eigenvalue weighted by molar-refractivity contribution is 0.469. The van der Waals surface area contributed by atoms with Crippen molar-refractivity contribution in [2.75, 3.05) is 0 Å². The number of fused-ring (bicyclic) bond motifs is 1. The van der Waals surface area contributed by atoms with Crippen molar-refractivity contribution in [3.63, 3.8) is 0 Å². The second kappa shape index (κ2) is 4.42. The van der Waals surface area contributed by atoms with Crippen LogP contribution in [0.5, 0.6) is 5.75 Å². The topological polar surface area (TPSA) is 50.4 Å². The molecule has 0 saturated heterocycles. The van der Waals surface area contributed by atoms with Gasteiger partial charge in [0.05, 0.1) is 0 Å². The van der Waals surface area contributed by atoms with Crippen molar-refractivity contribution in [3.05, 3.63) is 58.5 Å². The zero-order chi connectivity index (χ0) is 12.5. The van der Waals surface area contributed by atoms with Crippen LogP contribution in [-0.4, -0.2) is 19.7 Å². The van der Waals surface area contributed by atoms with Gasteiger partial charge in [0.25, 0.3) is 0 Å². The molecule has 0 unspecified atom stereocenters. The van der Waals surface area contributed by atoms with Crippen molar-refractivity contribution >= 4 is 21.6 Å². The minimum Gasteiger partial charge on any atom is -0.508 e. The molecule has 0 fully saturated rings. The largest absolute Gasteiger partial charge is 0.508 e. The summed E-state index contributed by atoms with van der Waals surface area (Å²) in [5.74, 6) is 1.09. The number of halogens is 1. The molecule has 5 heteroatoms. The number of benzene rings is 1. The third kappa shape index (κ3) is 1.97. The van der Waals surface area contributed by atoms with Crippen LogP contribution in [0, 0.1) is 0 Å². The summed E-state index contributed by atoms with van der Waals surface area (Å²) in [5, 5.41) is 18.0. The van der Waals surface area contributed by atoms with E-state index in [1.807, 2.05) is 34.9 Å². The molecule has 2 aromatic heterocycles. The molecule has 4 nitrogen and oxygen atoms in total. The molecule has 18 heavy (non-hydrogen) atoms. The predicted octanol–water partition coefficient (Wildman–Crippen LogP) is 2.79. The Morgan fingerprint density at radius 3 is 2.83 bits per heavy atom. The van der Waals surface area contributed by atoms with Gasteiger partial charge in [-0.3, -0.25) is 4.40 Å². The summed E-state index contributed by atoms with van der Waals surface area (Å²) in [6.07, 6.45) is 2.46. The van der Waals surface area contributed by atoms with Gasteiger partial charge < -0.3 is 5.11 Å². The van der Waals surface area contributed by atoms with Gasteiger partial charge in [-0.25, -0.2) is 0 Å². The van der Waals surface area contributed by atoms with Crippen molar-refractivity contribution in [1.82, 2.24) is 14.6 Å². The zero-order valence-electron chi connectivity index (χ0n) is 9.42. The smallest absolute Gasteiger partial charge is 0.161 e. The van der Waals surface area contributed by atoms with E-state index in [-0.39, 0.29) is 5.75 Å². The van der Waals surface area contributed by atoms with Gasteiger partial charge in [0.2, 0.25) is 0 Å². The first-order chi connectivity index (χ1) is 8.74. The summed E-state index contributed by atoms with van der Waals surface area (Å²) in [6.45, 7) is 0. The highest BCUT2D eigenvalue weighted by atomic mass is 79.9. The molecule has 3 aromatic rings. The standard InChI is InChI=1S/C13H10BrN3O/c14-10-5-6-17-12(15-16-13(17)8-10)7-9-3-1-2-4-11(9)18/h1-6,8,18H,7H2. The van der Waals surface area contributed by atoms with Crippen LogP contribution in [0.1, 0.15) is 11.4 Å². The van der Waals surface area contributed by atoms with Crippen molar-refractivity contribution in [2.45, 2.75) is 6.42 Å². The molecule has 2 heterocycles. The maximum Gasteiger partial charge on any atom is 0.161 e. The van der Waals surface area contributed by atoms with Gasteiger partial charge in [-0.15, -0.1) is 10.2 Å². The number of pyridine rings is 1. The summed E-state index contributed by atoms with van der Waals surface area (Å²) in [4.78, 5) is 0. The van der Waals surface area contributed by atoms with Crippen molar-refractivity contribution in [1.29, 1.82) is 0 Å². The molecule has 90 valence electrons. The summed E-state index contributed by atoms with van der Waals surface area (Å²) in [5.41, 5.74) is 1.63. The normalized spacial score (nSPS) is 10.9. The Labute approximate surface area is 112 Å². The van der Waals surface area contributed by atoms with Crippen LogP contribution in [0.3, 0.4) is 0 Å². The molecule has 0 aliphatic heterocycles. The average molecular weight is 304 g/mol. The van der Waals surface area contributed by atoms with Crippen LogP contribution in [0.15, 0.2) is 47.1 Å². The van der Waals surface area contributed by atoms with E-state index in [0.29, 0.717) is 6.42 Å². The van der Waals surface area contributed by atoms with Crippen LogP contribution >= 0.6 is 15.9 Å². The summed E-state index contributed by atoms with van der Waals surface area (Å²) < 4.78 is 2.88. The number of hydrogen-bond acceptors (Lipinski definition) is 3. The number of nitrogens with zero attached hydrogens (tertiary/aromatic N) is 3. The number of aromatic hydroxyl groups is 1. The molecule has 0 atom stereocenters. The Bertz CT molecular complexity index is 708. The van der Waals surface area contributed by atoms with Crippen LogP contribution in [0.2, 0.25) is 0 Å². The maximum atomic E-state index is 9.76. The minimum absolute atomic E-state index is 0.284. The van der Waals surface area contributed by atoms with Crippen molar-refractivity contribution in [3.8, 4) is 5.75 Å². The third-order valence-electron chi connectivity index (χ3n) is 2.78. The molecule has 0 bridgehead atoms. The van der Waals surface area contributed by atoms with Crippen LogP contribution in [0.4, 0.5) is 0 Å². The molecule has 3 rings (SSSR count). The molecule has 1 N–H and O–H groups in total. The summed E-state index contributed by atoms with van der Waals surface area (Å²) in [6, 6.07) is 11.1. The van der Waals surface area contributed by atoms with E-state index in [2.05, 4.69) is 26.1 Å². The number of aromatic nitrogens is 3. The quantitative estimate of drug-likeness (QED) is 0.792. The van der Waals surface area contributed by atoms with E-state index in [4.69, 9.17) is 0 Å². The van der Waals surface area contributed by atoms with Gasteiger partial charge >= 0.3 is 0 Å². The number of phenolic OH excluding ortho intramolecular Hbond substituents is 1. The van der Waals surface area contributed by atoms with E-state index < -0.39 is 0 Å². The third-order valence-corrected chi connectivity index (χ3v) is 3.28. The lowest BCUT2D eigenvalue weighted by Crippen LogP contribution is -1.96. The Hall–Kier alpha value is -1.88. The molecular weight excluding hydrogens is 294 g/mol. The van der Waals surface area contributed by atoms with E-state index in [9.17, 15) is 5.11 Å². The van der Waals surface area contributed by atoms with Crippen molar-refractivity contribution < 1.29 is 5.11 Å². The van der Waals surface area contributed by atoms with E-state index >= 15 is 0 Å². The van der Waals surface area contributed by atoms with Gasteiger partial charge in [-0.1, -0.05) is 34.1 Å². The van der Waals surface area contributed by atoms with Crippen molar-refractivity contribution in [2.24, 2.45) is 0 Å². The molecule has 0 saturated carbocycles. The van der Waals surface area contributed by atoms with Gasteiger partial charge in [0, 0.05) is 22.7 Å². The van der Waals surface area contributed by atoms with Crippen LogP contribution < -0.4 is 0 Å². The Morgan fingerprint density at radius 2 is 2.00 bits per heavy atom. The molecule has 1 aromatic carbocycles. The SMILES string of the molecule is Oc1ccccc1Cc1nnc2cc(Br)ccn12. The van der Waals surface area contributed by atoms with E-state index in [1.165, 1.54) is 0 Å². The van der Waals surface area contributed by atoms with Crippen LogP contribution in [0.25, 0.3) is 5.65 Å². The van der Waals surface area contributed by atoms with Gasteiger partial charge in [0.15, 0.2) is 5.65 Å².